The predicted octanol–water partition coefficient (Wildman–Crippen LogP) is 2.26. The first-order chi connectivity index (χ1) is 8.22. The first-order valence-corrected chi connectivity index (χ1v) is 5.83. The molecule has 0 atom stereocenters. The summed E-state index contributed by atoms with van der Waals surface area (Å²) < 4.78 is 17.5. The quantitative estimate of drug-likeness (QED) is 0.586. The Bertz CT molecular complexity index is 338. The third kappa shape index (κ3) is 6.02. The Labute approximate surface area is 101 Å². The molecule has 17 heavy (non-hydrogen) atoms. The molecule has 0 saturated carbocycles. The van der Waals surface area contributed by atoms with E-state index in [1.54, 1.807) is 19.1 Å². The second-order valence-electron chi connectivity index (χ2n) is 3.73. The molecule has 0 radical (unpaired) electrons. The Morgan fingerprint density at radius 3 is 2.71 bits per heavy atom. The highest BCUT2D eigenvalue weighted by Gasteiger charge is 1.97. The molecule has 0 unspecified atom stereocenters. The van der Waals surface area contributed by atoms with Crippen LogP contribution in [-0.4, -0.2) is 19.1 Å². The molecule has 3 nitrogen and oxygen atoms in total. The van der Waals surface area contributed by atoms with Crippen LogP contribution in [-0.2, 0) is 16.1 Å². The minimum absolute atomic E-state index is 0.163. The molecule has 0 spiro atoms. The zero-order chi connectivity index (χ0) is 12.5. The molecule has 1 rings (SSSR count). The molecule has 0 aliphatic rings. The van der Waals surface area contributed by atoms with Gasteiger partial charge in [0.2, 0.25) is 0 Å². The zero-order valence-corrected chi connectivity index (χ0v) is 10.0. The van der Waals surface area contributed by atoms with Gasteiger partial charge in [-0.15, -0.1) is 0 Å². The molecule has 1 N–H and O–H groups in total. The van der Waals surface area contributed by atoms with Gasteiger partial charge in [-0.25, -0.2) is 4.39 Å². The van der Waals surface area contributed by atoms with Crippen LogP contribution in [0.25, 0.3) is 0 Å². The van der Waals surface area contributed by atoms with Crippen molar-refractivity contribution in [2.45, 2.75) is 26.3 Å². The molecular weight excluding hydrogens is 221 g/mol. The fourth-order valence-electron chi connectivity index (χ4n) is 1.32. The number of esters is 1. The van der Waals surface area contributed by atoms with Crippen LogP contribution in [0.1, 0.15) is 25.3 Å². The van der Waals surface area contributed by atoms with Crippen LogP contribution < -0.4 is 5.32 Å². The molecule has 0 heterocycles. The summed E-state index contributed by atoms with van der Waals surface area (Å²) in [6.45, 7) is 3.69. The van der Waals surface area contributed by atoms with E-state index >= 15 is 0 Å². The molecular formula is C13H18FNO2. The molecule has 1 aromatic carbocycles. The minimum atomic E-state index is -0.222. The van der Waals surface area contributed by atoms with Gasteiger partial charge >= 0.3 is 5.97 Å². The van der Waals surface area contributed by atoms with Crippen LogP contribution in [0, 0.1) is 5.82 Å². The summed E-state index contributed by atoms with van der Waals surface area (Å²) in [6, 6.07) is 6.39. The van der Waals surface area contributed by atoms with Crippen molar-refractivity contribution in [2.75, 3.05) is 13.2 Å². The van der Waals surface area contributed by atoms with E-state index in [4.69, 9.17) is 4.74 Å². The van der Waals surface area contributed by atoms with E-state index in [0.29, 0.717) is 19.6 Å². The molecule has 0 saturated heterocycles. The summed E-state index contributed by atoms with van der Waals surface area (Å²) in [5, 5.41) is 3.20. The van der Waals surface area contributed by atoms with Gasteiger partial charge in [0.1, 0.15) is 5.82 Å². The van der Waals surface area contributed by atoms with Gasteiger partial charge < -0.3 is 10.1 Å². The van der Waals surface area contributed by atoms with Crippen molar-refractivity contribution < 1.29 is 13.9 Å². The first-order valence-electron chi connectivity index (χ1n) is 5.83. The van der Waals surface area contributed by atoms with Gasteiger partial charge in [-0.2, -0.15) is 0 Å². The Morgan fingerprint density at radius 1 is 1.35 bits per heavy atom. The Balaban J connectivity index is 2.04. The van der Waals surface area contributed by atoms with Crippen LogP contribution >= 0.6 is 0 Å². The van der Waals surface area contributed by atoms with Gasteiger partial charge in [-0.05, 0) is 30.7 Å². The van der Waals surface area contributed by atoms with E-state index in [1.165, 1.54) is 12.1 Å². The molecule has 0 bridgehead atoms. The van der Waals surface area contributed by atoms with Crippen molar-refractivity contribution in [1.82, 2.24) is 5.32 Å². The predicted molar refractivity (Wildman–Crippen MR) is 64.0 cm³/mol. The zero-order valence-electron chi connectivity index (χ0n) is 10.0. The van der Waals surface area contributed by atoms with Crippen LogP contribution in [0.2, 0.25) is 0 Å². The normalized spacial score (nSPS) is 10.2. The van der Waals surface area contributed by atoms with Gasteiger partial charge in [0.25, 0.3) is 0 Å². The van der Waals surface area contributed by atoms with Gasteiger partial charge in [0.05, 0.1) is 6.61 Å². The highest BCUT2D eigenvalue weighted by atomic mass is 19.1. The van der Waals surface area contributed by atoms with Gasteiger partial charge in [-0.1, -0.05) is 19.1 Å². The molecule has 0 amide bonds. The lowest BCUT2D eigenvalue weighted by molar-refractivity contribution is -0.143. The van der Waals surface area contributed by atoms with Gasteiger partial charge in [-0.3, -0.25) is 4.79 Å². The van der Waals surface area contributed by atoms with Crippen molar-refractivity contribution in [3.05, 3.63) is 35.6 Å². The van der Waals surface area contributed by atoms with Crippen LogP contribution in [0.3, 0.4) is 0 Å². The molecule has 1 aromatic rings. The number of rotatable bonds is 7. The van der Waals surface area contributed by atoms with Crippen molar-refractivity contribution in [1.29, 1.82) is 0 Å². The molecule has 94 valence electrons. The average molecular weight is 239 g/mol. The minimum Gasteiger partial charge on any atom is -0.466 e. The van der Waals surface area contributed by atoms with Gasteiger partial charge in [0, 0.05) is 13.0 Å². The third-order valence-electron chi connectivity index (χ3n) is 2.29. The lowest BCUT2D eigenvalue weighted by Gasteiger charge is -2.05. The second-order valence-corrected chi connectivity index (χ2v) is 3.73. The number of nitrogens with one attached hydrogen (secondary N) is 1. The van der Waals surface area contributed by atoms with Crippen molar-refractivity contribution in [3.63, 3.8) is 0 Å². The van der Waals surface area contributed by atoms with Crippen LogP contribution in [0.15, 0.2) is 24.3 Å². The van der Waals surface area contributed by atoms with Crippen LogP contribution in [0.4, 0.5) is 4.39 Å². The SMILES string of the molecule is CCC(=O)OCCCNCc1ccc(F)cc1. The maximum Gasteiger partial charge on any atom is 0.305 e. The van der Waals surface area contributed by atoms with E-state index in [0.717, 1.165) is 18.5 Å². The lowest BCUT2D eigenvalue weighted by atomic mass is 10.2. The fourth-order valence-corrected chi connectivity index (χ4v) is 1.32. The first kappa shape index (κ1) is 13.6. The molecule has 0 aromatic heterocycles. The van der Waals surface area contributed by atoms with Crippen molar-refractivity contribution in [2.24, 2.45) is 0 Å². The Hall–Kier alpha value is -1.42. The van der Waals surface area contributed by atoms with E-state index in [2.05, 4.69) is 5.32 Å². The van der Waals surface area contributed by atoms with Crippen molar-refractivity contribution >= 4 is 5.97 Å². The van der Waals surface area contributed by atoms with E-state index < -0.39 is 0 Å². The van der Waals surface area contributed by atoms with Crippen molar-refractivity contribution in [3.8, 4) is 0 Å². The summed E-state index contributed by atoms with van der Waals surface area (Å²) in [7, 11) is 0. The molecule has 0 aliphatic heterocycles. The second kappa shape index (κ2) is 7.79. The Morgan fingerprint density at radius 2 is 2.06 bits per heavy atom. The number of ether oxygens (including phenoxy) is 1. The van der Waals surface area contributed by atoms with Crippen LogP contribution in [0.5, 0.6) is 0 Å². The summed E-state index contributed by atoms with van der Waals surface area (Å²) in [5.74, 6) is -0.385. The number of halogens is 1. The highest BCUT2D eigenvalue weighted by molar-refractivity contribution is 5.68. The summed E-state index contributed by atoms with van der Waals surface area (Å²) in [6.07, 6.45) is 1.20. The third-order valence-corrected chi connectivity index (χ3v) is 2.29. The standard InChI is InChI=1S/C13H18FNO2/c1-2-13(16)17-9-3-8-15-10-11-4-6-12(14)7-5-11/h4-7,15H,2-3,8-10H2,1H3. The number of carbonyl (C=O) groups excluding carboxylic acids is 1. The topological polar surface area (TPSA) is 38.3 Å². The Kier molecular flexibility index (Phi) is 6.25. The maximum absolute atomic E-state index is 12.6. The van der Waals surface area contributed by atoms with Gasteiger partial charge in [0.15, 0.2) is 0 Å². The monoisotopic (exact) mass is 239 g/mol. The molecule has 0 fully saturated rings. The number of carbonyl (C=O) groups is 1. The molecule has 0 aliphatic carbocycles. The van der Waals surface area contributed by atoms with E-state index in [1.807, 2.05) is 0 Å². The lowest BCUT2D eigenvalue weighted by Crippen LogP contribution is -2.17. The summed E-state index contributed by atoms with van der Waals surface area (Å²) in [5.41, 5.74) is 1.04. The number of hydrogen-bond donors (Lipinski definition) is 1. The summed E-state index contributed by atoms with van der Waals surface area (Å²) in [4.78, 5) is 10.8. The fraction of sp³-hybridized carbons (Fsp3) is 0.462. The largest absolute Gasteiger partial charge is 0.466 e. The van der Waals surface area contributed by atoms with E-state index in [9.17, 15) is 9.18 Å². The number of hydrogen-bond acceptors (Lipinski definition) is 3. The average Bonchev–Trinajstić information content (AvgIpc) is 2.35. The highest BCUT2D eigenvalue weighted by Crippen LogP contribution is 2.01. The summed E-state index contributed by atoms with van der Waals surface area (Å²) >= 11 is 0. The maximum atomic E-state index is 12.6. The van der Waals surface area contributed by atoms with E-state index in [-0.39, 0.29) is 11.8 Å². The number of benzene rings is 1. The molecule has 4 heteroatoms. The smallest absolute Gasteiger partial charge is 0.305 e.